The molecule has 171 valence electrons. The van der Waals surface area contributed by atoms with Gasteiger partial charge in [-0.2, -0.15) is 13.2 Å². The lowest BCUT2D eigenvalue weighted by Crippen LogP contribution is -2.59. The largest absolute Gasteiger partial charge is 0.416 e. The van der Waals surface area contributed by atoms with Gasteiger partial charge >= 0.3 is 6.18 Å². The van der Waals surface area contributed by atoms with Crippen LogP contribution in [0, 0.1) is 6.42 Å². The normalized spacial score (nSPS) is 18.8. The summed E-state index contributed by atoms with van der Waals surface area (Å²) in [4.78, 5) is 30.4. The minimum absolute atomic E-state index is 0.00817. The molecule has 0 spiro atoms. The zero-order valence-corrected chi connectivity index (χ0v) is 18.3. The molecule has 3 aromatic rings. The molecule has 0 saturated carbocycles. The Balaban J connectivity index is 1.79. The second kappa shape index (κ2) is 9.07. The van der Waals surface area contributed by atoms with Crippen LogP contribution < -0.4 is 11.1 Å². The van der Waals surface area contributed by atoms with E-state index in [9.17, 15) is 22.8 Å². The number of hydrogen-bond acceptors (Lipinski definition) is 5. The molecule has 3 N–H and O–H groups in total. The molecule has 0 aliphatic carbocycles. The number of amides is 1. The third-order valence-electron chi connectivity index (χ3n) is 5.59. The molecule has 0 bridgehead atoms. The minimum atomic E-state index is -4.53. The standard InChI is InChI=1S/C24H21F3N3O2S/c25-24(26,27)17-10-6-9-16(13-17)20-19(30-21(33-20)15-7-2-1-3-8-15)18(31)14-23(22(28)32)11-4-5-12-29-23/h1-3,6-10,13-14,29H,4-5,11-12H2,(H2,28,32). The summed E-state index contributed by atoms with van der Waals surface area (Å²) in [5, 5.41) is 3.53. The van der Waals surface area contributed by atoms with Crippen LogP contribution in [0.4, 0.5) is 13.2 Å². The van der Waals surface area contributed by atoms with E-state index in [2.05, 4.69) is 10.3 Å². The third-order valence-corrected chi connectivity index (χ3v) is 6.74. The number of nitrogens with zero attached hydrogens (tertiary/aromatic N) is 1. The highest BCUT2D eigenvalue weighted by molar-refractivity contribution is 7.18. The number of nitrogens with two attached hydrogens (primary N) is 1. The van der Waals surface area contributed by atoms with Crippen LogP contribution in [0.1, 0.15) is 35.3 Å². The van der Waals surface area contributed by atoms with E-state index in [1.54, 1.807) is 12.1 Å². The Hall–Kier alpha value is -3.04. The molecule has 9 heteroatoms. The zero-order chi connectivity index (χ0) is 23.6. The number of thiazole rings is 1. The van der Waals surface area contributed by atoms with Crippen LogP contribution in [0.2, 0.25) is 0 Å². The van der Waals surface area contributed by atoms with E-state index >= 15 is 0 Å². The lowest BCUT2D eigenvalue weighted by molar-refractivity contribution is -0.137. The fourth-order valence-corrected chi connectivity index (χ4v) is 4.92. The smallest absolute Gasteiger partial charge is 0.368 e. The number of aromatic nitrogens is 1. The van der Waals surface area contributed by atoms with Gasteiger partial charge in [-0.05, 0) is 43.5 Å². The topological polar surface area (TPSA) is 85.1 Å². The van der Waals surface area contributed by atoms with Gasteiger partial charge in [-0.25, -0.2) is 4.98 Å². The molecular formula is C24H21F3N3O2S. The van der Waals surface area contributed by atoms with Crippen molar-refractivity contribution >= 4 is 23.0 Å². The van der Waals surface area contributed by atoms with Gasteiger partial charge in [0.2, 0.25) is 5.91 Å². The second-order valence-electron chi connectivity index (χ2n) is 7.87. The summed E-state index contributed by atoms with van der Waals surface area (Å²) >= 11 is 1.13. The van der Waals surface area contributed by atoms with Crippen LogP contribution in [-0.4, -0.2) is 28.8 Å². The van der Waals surface area contributed by atoms with Crippen molar-refractivity contribution in [3.8, 4) is 21.0 Å². The zero-order valence-electron chi connectivity index (χ0n) is 17.5. The molecule has 2 heterocycles. The van der Waals surface area contributed by atoms with Crippen LogP contribution in [0.3, 0.4) is 0 Å². The van der Waals surface area contributed by atoms with Gasteiger partial charge < -0.3 is 11.1 Å². The van der Waals surface area contributed by atoms with E-state index < -0.39 is 29.0 Å². The molecule has 33 heavy (non-hydrogen) atoms. The van der Waals surface area contributed by atoms with E-state index in [-0.39, 0.29) is 11.3 Å². The van der Waals surface area contributed by atoms with Crippen LogP contribution in [0.25, 0.3) is 21.0 Å². The van der Waals surface area contributed by atoms with Gasteiger partial charge in [0.1, 0.15) is 16.2 Å². The molecule has 1 radical (unpaired) electrons. The van der Waals surface area contributed by atoms with Crippen LogP contribution >= 0.6 is 11.3 Å². The number of alkyl halides is 3. The molecule has 1 atom stereocenters. The number of ketones is 1. The number of carbonyl (C=O) groups excluding carboxylic acids is 2. The first-order chi connectivity index (χ1) is 15.7. The lowest BCUT2D eigenvalue weighted by Gasteiger charge is -2.34. The number of rotatable bonds is 6. The van der Waals surface area contributed by atoms with Gasteiger partial charge in [0.05, 0.1) is 16.9 Å². The summed E-state index contributed by atoms with van der Waals surface area (Å²) < 4.78 is 39.9. The fraction of sp³-hybridized carbons (Fsp3) is 0.250. The van der Waals surface area contributed by atoms with E-state index in [1.807, 2.05) is 18.2 Å². The highest BCUT2D eigenvalue weighted by Gasteiger charge is 2.41. The Labute approximate surface area is 192 Å². The molecule has 1 aliphatic rings. The Bertz CT molecular complexity index is 1170. The summed E-state index contributed by atoms with van der Waals surface area (Å²) in [7, 11) is 0. The maximum atomic E-state index is 13.4. The first kappa shape index (κ1) is 23.1. The van der Waals surface area contributed by atoms with Crippen LogP contribution in [-0.2, 0) is 11.0 Å². The molecule has 1 unspecified atom stereocenters. The number of carbonyl (C=O) groups is 2. The quantitative estimate of drug-likeness (QED) is 0.501. The molecular weight excluding hydrogens is 451 g/mol. The Morgan fingerprint density at radius 2 is 1.79 bits per heavy atom. The van der Waals surface area contributed by atoms with Gasteiger partial charge in [0.15, 0.2) is 5.78 Å². The summed E-state index contributed by atoms with van der Waals surface area (Å²) in [6, 6.07) is 13.8. The Morgan fingerprint density at radius 1 is 1.06 bits per heavy atom. The summed E-state index contributed by atoms with van der Waals surface area (Å²) in [5.41, 5.74) is 4.44. The minimum Gasteiger partial charge on any atom is -0.368 e. The van der Waals surface area contributed by atoms with Gasteiger partial charge in [0.25, 0.3) is 0 Å². The van der Waals surface area contributed by atoms with Crippen LogP contribution in [0.15, 0.2) is 54.6 Å². The number of Topliss-reactive ketones (excluding diaryl/α,β-unsaturated/α-hetero) is 1. The summed E-state index contributed by atoms with van der Waals surface area (Å²) in [6.45, 7) is 0.527. The number of halogens is 3. The molecule has 1 saturated heterocycles. The van der Waals surface area contributed by atoms with Gasteiger partial charge in [-0.15, -0.1) is 11.3 Å². The second-order valence-corrected chi connectivity index (χ2v) is 8.87. The Kier molecular flexibility index (Phi) is 6.36. The summed E-state index contributed by atoms with van der Waals surface area (Å²) in [6.07, 6.45) is -1.37. The predicted molar refractivity (Wildman–Crippen MR) is 120 cm³/mol. The highest BCUT2D eigenvalue weighted by atomic mass is 32.1. The molecule has 4 rings (SSSR count). The summed E-state index contributed by atoms with van der Waals surface area (Å²) in [5.74, 6) is -1.23. The fourth-order valence-electron chi connectivity index (χ4n) is 3.85. The maximum Gasteiger partial charge on any atom is 0.416 e. The third kappa shape index (κ3) is 4.84. The number of hydrogen-bond donors (Lipinski definition) is 2. The van der Waals surface area contributed by atoms with Gasteiger partial charge in [-0.3, -0.25) is 9.59 Å². The van der Waals surface area contributed by atoms with E-state index in [1.165, 1.54) is 18.6 Å². The molecule has 5 nitrogen and oxygen atoms in total. The number of primary amides is 1. The van der Waals surface area contributed by atoms with Gasteiger partial charge in [0, 0.05) is 5.56 Å². The first-order valence-electron chi connectivity index (χ1n) is 10.4. The molecule has 1 amide bonds. The van der Waals surface area contributed by atoms with E-state index in [0.717, 1.165) is 35.5 Å². The molecule has 1 aliphatic heterocycles. The number of nitrogens with one attached hydrogen (secondary N) is 1. The highest BCUT2D eigenvalue weighted by Crippen LogP contribution is 2.39. The average Bonchev–Trinajstić information content (AvgIpc) is 3.26. The van der Waals surface area contributed by atoms with Crippen molar-refractivity contribution < 1.29 is 22.8 Å². The van der Waals surface area contributed by atoms with E-state index in [4.69, 9.17) is 5.73 Å². The molecule has 1 fully saturated rings. The van der Waals surface area contributed by atoms with Crippen LogP contribution in [0.5, 0.6) is 0 Å². The van der Waals surface area contributed by atoms with Crippen molar-refractivity contribution in [2.45, 2.75) is 31.0 Å². The van der Waals surface area contributed by atoms with Crippen molar-refractivity contribution in [1.82, 2.24) is 10.3 Å². The van der Waals surface area contributed by atoms with Crippen molar-refractivity contribution in [3.05, 3.63) is 72.3 Å². The van der Waals surface area contributed by atoms with Crippen molar-refractivity contribution in [1.29, 1.82) is 0 Å². The van der Waals surface area contributed by atoms with Crippen molar-refractivity contribution in [3.63, 3.8) is 0 Å². The number of piperidine rings is 1. The van der Waals surface area contributed by atoms with Crippen molar-refractivity contribution in [2.24, 2.45) is 5.73 Å². The first-order valence-corrected chi connectivity index (χ1v) is 11.2. The predicted octanol–water partition coefficient (Wildman–Crippen LogP) is 4.88. The lowest BCUT2D eigenvalue weighted by atomic mass is 9.83. The monoisotopic (exact) mass is 472 g/mol. The molecule has 2 aromatic carbocycles. The van der Waals surface area contributed by atoms with E-state index in [0.29, 0.717) is 29.3 Å². The van der Waals surface area contributed by atoms with Gasteiger partial charge in [-0.1, -0.05) is 42.5 Å². The molecule has 1 aromatic heterocycles. The Morgan fingerprint density at radius 3 is 2.42 bits per heavy atom. The maximum absolute atomic E-state index is 13.4. The number of benzene rings is 2. The average molecular weight is 473 g/mol. The van der Waals surface area contributed by atoms with Crippen molar-refractivity contribution in [2.75, 3.05) is 6.54 Å². The SMILES string of the molecule is NC(=O)C1([CH]C(=O)c2nc(-c3ccccc3)sc2-c2cccc(C(F)(F)F)c2)CCCCN1.